The second-order valence-electron chi connectivity index (χ2n) is 11.0. The lowest BCUT2D eigenvalue weighted by Gasteiger charge is -2.18. The molecule has 0 bridgehead atoms. The lowest BCUT2D eigenvalue weighted by molar-refractivity contribution is 0.0598. The number of ether oxygens (including phenoxy) is 5. The van der Waals surface area contributed by atoms with Crippen LogP contribution in [0.3, 0.4) is 0 Å². The SMILES string of the molecule is CCCc1c(OCCCOc2cc(OCc3ccccc3)c(C(=S)C=C(C)N)cc2CC)cccc1Oc1ccccc1C(=O)OC. The second kappa shape index (κ2) is 17.8. The summed E-state index contributed by atoms with van der Waals surface area (Å²) < 4.78 is 30.0. The lowest BCUT2D eigenvalue weighted by Crippen LogP contribution is -2.09. The van der Waals surface area contributed by atoms with Gasteiger partial charge in [0, 0.05) is 29.3 Å². The molecule has 4 aromatic carbocycles. The largest absolute Gasteiger partial charge is 0.493 e. The third-order valence-corrected chi connectivity index (χ3v) is 7.65. The number of hydrogen-bond acceptors (Lipinski definition) is 8. The van der Waals surface area contributed by atoms with E-state index in [1.54, 1.807) is 24.3 Å². The number of methoxy groups -OCH3 is 1. The van der Waals surface area contributed by atoms with Crippen molar-refractivity contribution in [3.05, 3.63) is 125 Å². The van der Waals surface area contributed by atoms with E-state index >= 15 is 0 Å². The fraction of sp³-hybridized carbons (Fsp3) is 0.282. The number of aryl methyl sites for hydroxylation is 1. The third-order valence-electron chi connectivity index (χ3n) is 7.31. The van der Waals surface area contributed by atoms with Crippen molar-refractivity contribution >= 4 is 23.1 Å². The molecule has 4 aromatic rings. The minimum atomic E-state index is -0.453. The highest BCUT2D eigenvalue weighted by Gasteiger charge is 2.17. The number of nitrogens with two attached hydrogens (primary N) is 1. The van der Waals surface area contributed by atoms with Gasteiger partial charge in [0.25, 0.3) is 0 Å². The number of allylic oxidation sites excluding steroid dienone is 2. The first-order chi connectivity index (χ1) is 22.8. The molecule has 8 heteroatoms. The molecular formula is C39H43NO6S. The summed E-state index contributed by atoms with van der Waals surface area (Å²) in [5, 5.41) is 0. The molecule has 0 unspecified atom stereocenters. The molecule has 246 valence electrons. The Morgan fingerprint density at radius 3 is 2.17 bits per heavy atom. The predicted molar refractivity (Wildman–Crippen MR) is 190 cm³/mol. The Bertz CT molecular complexity index is 1680. The van der Waals surface area contributed by atoms with E-state index in [-0.39, 0.29) is 0 Å². The zero-order chi connectivity index (χ0) is 33.6. The third kappa shape index (κ3) is 9.83. The zero-order valence-corrected chi connectivity index (χ0v) is 28.4. The van der Waals surface area contributed by atoms with Gasteiger partial charge in [-0.25, -0.2) is 4.79 Å². The molecule has 2 N–H and O–H groups in total. The topological polar surface area (TPSA) is 89.2 Å². The van der Waals surface area contributed by atoms with Gasteiger partial charge < -0.3 is 29.4 Å². The number of rotatable bonds is 17. The van der Waals surface area contributed by atoms with Crippen molar-refractivity contribution in [3.63, 3.8) is 0 Å². The Hall–Kier alpha value is -4.82. The average molecular weight is 654 g/mol. The van der Waals surface area contributed by atoms with Crippen LogP contribution < -0.4 is 24.7 Å². The monoisotopic (exact) mass is 653 g/mol. The van der Waals surface area contributed by atoms with Crippen LogP contribution >= 0.6 is 12.2 Å². The van der Waals surface area contributed by atoms with Crippen molar-refractivity contribution in [3.8, 4) is 28.7 Å². The van der Waals surface area contributed by atoms with E-state index in [1.165, 1.54) is 7.11 Å². The van der Waals surface area contributed by atoms with Gasteiger partial charge in [0.05, 0.1) is 25.2 Å². The Balaban J connectivity index is 1.45. The van der Waals surface area contributed by atoms with E-state index in [1.807, 2.05) is 73.7 Å². The molecule has 0 aliphatic heterocycles. The summed E-state index contributed by atoms with van der Waals surface area (Å²) in [4.78, 5) is 12.9. The second-order valence-corrected chi connectivity index (χ2v) is 11.4. The fourth-order valence-corrected chi connectivity index (χ4v) is 5.34. The number of benzene rings is 4. The first-order valence-corrected chi connectivity index (χ1v) is 16.3. The minimum absolute atomic E-state index is 0.363. The summed E-state index contributed by atoms with van der Waals surface area (Å²) in [5.74, 6) is 2.77. The standard InChI is InChI=1S/C39H43NO6S/c1-5-14-30-33(19-12-20-34(30)46-35-18-11-10-17-31(35)39(41)42-4)43-21-13-22-44-36-25-37(45-26-28-15-8-7-9-16-28)32(24-29(36)6-2)38(47)23-27(3)40/h7-12,15-20,23-25H,5-6,13-14,21-22,26,40H2,1-4H3. The van der Waals surface area contributed by atoms with Crippen LogP contribution in [-0.4, -0.2) is 31.2 Å². The lowest BCUT2D eigenvalue weighted by atomic mass is 10.0. The molecule has 47 heavy (non-hydrogen) atoms. The molecule has 4 rings (SSSR count). The molecule has 0 aliphatic carbocycles. The molecule has 0 amide bonds. The maximum absolute atomic E-state index is 12.3. The number of carbonyl (C=O) groups is 1. The van der Waals surface area contributed by atoms with E-state index in [9.17, 15) is 4.79 Å². The Morgan fingerprint density at radius 1 is 0.787 bits per heavy atom. The molecule has 0 spiro atoms. The normalized spacial score (nSPS) is 11.1. The van der Waals surface area contributed by atoms with Crippen LogP contribution in [0.25, 0.3) is 0 Å². The van der Waals surface area contributed by atoms with Gasteiger partial charge >= 0.3 is 5.97 Å². The Labute approximate surface area is 283 Å². The number of carbonyl (C=O) groups excluding carboxylic acids is 1. The van der Waals surface area contributed by atoms with Crippen molar-refractivity contribution in [1.82, 2.24) is 0 Å². The van der Waals surface area contributed by atoms with Crippen LogP contribution in [0.1, 0.15) is 66.2 Å². The molecule has 7 nitrogen and oxygen atoms in total. The minimum Gasteiger partial charge on any atom is -0.493 e. The maximum atomic E-state index is 12.3. The summed E-state index contributed by atoms with van der Waals surface area (Å²) in [5.41, 5.74) is 10.8. The summed E-state index contributed by atoms with van der Waals surface area (Å²) in [6, 6.07) is 26.7. The predicted octanol–water partition coefficient (Wildman–Crippen LogP) is 8.79. The van der Waals surface area contributed by atoms with Gasteiger partial charge in [-0.1, -0.05) is 81.0 Å². The van der Waals surface area contributed by atoms with E-state index < -0.39 is 5.97 Å². The van der Waals surface area contributed by atoms with E-state index in [0.717, 1.165) is 53.0 Å². The zero-order valence-electron chi connectivity index (χ0n) is 27.5. The highest BCUT2D eigenvalue weighted by molar-refractivity contribution is 7.81. The van der Waals surface area contributed by atoms with Crippen molar-refractivity contribution in [2.24, 2.45) is 5.73 Å². The first kappa shape index (κ1) is 35.0. The molecular weight excluding hydrogens is 610 g/mol. The molecule has 0 aliphatic rings. The smallest absolute Gasteiger partial charge is 0.341 e. The van der Waals surface area contributed by atoms with Crippen LogP contribution in [-0.2, 0) is 24.2 Å². The van der Waals surface area contributed by atoms with Crippen LogP contribution in [0.15, 0.2) is 96.7 Å². The first-order valence-electron chi connectivity index (χ1n) is 15.9. The molecule has 0 radical (unpaired) electrons. The molecule has 0 saturated heterocycles. The number of hydrogen-bond donors (Lipinski definition) is 1. The van der Waals surface area contributed by atoms with Crippen LogP contribution in [0, 0.1) is 0 Å². The Morgan fingerprint density at radius 2 is 1.47 bits per heavy atom. The fourth-order valence-electron chi connectivity index (χ4n) is 5.00. The van der Waals surface area contributed by atoms with Gasteiger partial charge in [-0.2, -0.15) is 0 Å². The highest BCUT2D eigenvalue weighted by Crippen LogP contribution is 2.35. The van der Waals surface area contributed by atoms with Gasteiger partial charge in [-0.05, 0) is 67.3 Å². The average Bonchev–Trinajstić information content (AvgIpc) is 3.08. The van der Waals surface area contributed by atoms with Gasteiger partial charge in [0.1, 0.15) is 40.9 Å². The molecule has 0 fully saturated rings. The van der Waals surface area contributed by atoms with E-state index in [2.05, 4.69) is 13.8 Å². The summed E-state index contributed by atoms with van der Waals surface area (Å²) in [6.07, 6.45) is 4.84. The molecule has 0 heterocycles. The number of para-hydroxylation sites is 1. The van der Waals surface area contributed by atoms with Crippen molar-refractivity contribution in [1.29, 1.82) is 0 Å². The van der Waals surface area contributed by atoms with Crippen LogP contribution in [0.5, 0.6) is 28.7 Å². The summed E-state index contributed by atoms with van der Waals surface area (Å²) in [6.45, 7) is 7.29. The molecule has 0 atom stereocenters. The highest BCUT2D eigenvalue weighted by atomic mass is 32.1. The number of thiocarbonyl (C=S) groups is 1. The van der Waals surface area contributed by atoms with Crippen LogP contribution in [0.4, 0.5) is 0 Å². The Kier molecular flexibility index (Phi) is 13.2. The van der Waals surface area contributed by atoms with Gasteiger partial charge in [0.2, 0.25) is 0 Å². The van der Waals surface area contributed by atoms with Gasteiger partial charge in [-0.3, -0.25) is 0 Å². The van der Waals surface area contributed by atoms with E-state index in [0.29, 0.717) is 59.6 Å². The number of esters is 1. The van der Waals surface area contributed by atoms with Crippen molar-refractivity contribution < 1.29 is 28.5 Å². The van der Waals surface area contributed by atoms with Gasteiger partial charge in [-0.15, -0.1) is 0 Å². The van der Waals surface area contributed by atoms with Crippen molar-refractivity contribution in [2.45, 2.75) is 53.1 Å². The summed E-state index contributed by atoms with van der Waals surface area (Å²) >= 11 is 5.71. The van der Waals surface area contributed by atoms with Crippen molar-refractivity contribution in [2.75, 3.05) is 20.3 Å². The maximum Gasteiger partial charge on any atom is 0.341 e. The van der Waals surface area contributed by atoms with E-state index in [4.69, 9.17) is 41.6 Å². The molecule has 0 aromatic heterocycles. The molecule has 0 saturated carbocycles. The summed E-state index contributed by atoms with van der Waals surface area (Å²) in [7, 11) is 1.35. The van der Waals surface area contributed by atoms with Crippen LogP contribution in [0.2, 0.25) is 0 Å². The van der Waals surface area contributed by atoms with Gasteiger partial charge in [0.15, 0.2) is 0 Å². The quantitative estimate of drug-likeness (QED) is 0.0398.